The smallest absolute Gasteiger partial charge is 0.328 e. The molecule has 0 aliphatic carbocycles. The first-order chi connectivity index (χ1) is 7.09. The van der Waals surface area contributed by atoms with Crippen LogP contribution in [0.25, 0.3) is 0 Å². The number of carbonyl (C=O) groups is 1. The van der Waals surface area contributed by atoms with Gasteiger partial charge in [-0.3, -0.25) is 0 Å². The van der Waals surface area contributed by atoms with Crippen LogP contribution >= 0.6 is 15.9 Å². The van der Waals surface area contributed by atoms with Crippen LogP contribution in [0.15, 0.2) is 34.8 Å². The Hall–Kier alpha value is -1.29. The first kappa shape index (κ1) is 11.8. The van der Waals surface area contributed by atoms with Crippen LogP contribution in [0, 0.1) is 6.92 Å². The molecule has 0 unspecified atom stereocenters. The van der Waals surface area contributed by atoms with E-state index in [-0.39, 0.29) is 6.61 Å². The third kappa shape index (κ3) is 4.16. The third-order valence-corrected chi connectivity index (χ3v) is 2.23. The molecule has 0 aromatic heterocycles. The normalized spacial score (nSPS) is 10.5. The van der Waals surface area contributed by atoms with Crippen molar-refractivity contribution in [1.82, 2.24) is 0 Å². The average molecular weight is 271 g/mol. The topological polar surface area (TPSA) is 46.5 Å². The van der Waals surface area contributed by atoms with E-state index in [9.17, 15) is 4.79 Å². The fraction of sp³-hybridized carbons (Fsp3) is 0.182. The van der Waals surface area contributed by atoms with Crippen molar-refractivity contribution in [2.75, 3.05) is 6.61 Å². The fourth-order valence-corrected chi connectivity index (χ4v) is 1.54. The molecule has 0 aliphatic rings. The van der Waals surface area contributed by atoms with Crippen molar-refractivity contribution in [2.45, 2.75) is 6.92 Å². The maximum atomic E-state index is 10.2. The summed E-state index contributed by atoms with van der Waals surface area (Å²) in [7, 11) is 0. The number of carboxylic acids is 1. The summed E-state index contributed by atoms with van der Waals surface area (Å²) in [6, 6.07) is 5.66. The van der Waals surface area contributed by atoms with E-state index >= 15 is 0 Å². The minimum atomic E-state index is -0.967. The number of hydrogen-bond donors (Lipinski definition) is 1. The van der Waals surface area contributed by atoms with Crippen molar-refractivity contribution in [3.05, 3.63) is 40.4 Å². The van der Waals surface area contributed by atoms with Gasteiger partial charge in [-0.15, -0.1) is 0 Å². The van der Waals surface area contributed by atoms with Crippen LogP contribution in [0.4, 0.5) is 0 Å². The van der Waals surface area contributed by atoms with Crippen molar-refractivity contribution in [2.24, 2.45) is 0 Å². The van der Waals surface area contributed by atoms with Crippen LogP contribution in [0.5, 0.6) is 5.75 Å². The predicted octanol–water partition coefficient (Wildman–Crippen LogP) is 2.78. The Balaban J connectivity index is 2.54. The van der Waals surface area contributed by atoms with Gasteiger partial charge in [0.25, 0.3) is 0 Å². The molecule has 0 atom stereocenters. The summed E-state index contributed by atoms with van der Waals surface area (Å²) in [5.41, 5.74) is 1.01. The van der Waals surface area contributed by atoms with Crippen LogP contribution < -0.4 is 4.74 Å². The van der Waals surface area contributed by atoms with Crippen LogP contribution in [0.2, 0.25) is 0 Å². The second-order valence-electron chi connectivity index (χ2n) is 2.96. The molecule has 0 saturated heterocycles. The fourth-order valence-electron chi connectivity index (χ4n) is 1.06. The molecular formula is C11H11BrO3. The second kappa shape index (κ2) is 5.56. The quantitative estimate of drug-likeness (QED) is 0.856. The largest absolute Gasteiger partial charge is 0.489 e. The highest BCUT2D eigenvalue weighted by Gasteiger charge is 1.98. The van der Waals surface area contributed by atoms with E-state index in [0.29, 0.717) is 0 Å². The van der Waals surface area contributed by atoms with Gasteiger partial charge in [0.15, 0.2) is 0 Å². The number of ether oxygens (including phenoxy) is 1. The first-order valence-corrected chi connectivity index (χ1v) is 5.17. The molecule has 0 bridgehead atoms. The Morgan fingerprint density at radius 2 is 2.33 bits per heavy atom. The molecule has 1 rings (SSSR count). The molecule has 1 aromatic rings. The molecule has 0 spiro atoms. The van der Waals surface area contributed by atoms with E-state index < -0.39 is 5.97 Å². The Morgan fingerprint density at radius 1 is 1.60 bits per heavy atom. The zero-order valence-electron chi connectivity index (χ0n) is 8.24. The SMILES string of the molecule is Cc1cc(Br)ccc1OCC=CC(=O)O. The van der Waals surface area contributed by atoms with E-state index in [1.807, 2.05) is 25.1 Å². The van der Waals surface area contributed by atoms with Crippen molar-refractivity contribution in [3.63, 3.8) is 0 Å². The van der Waals surface area contributed by atoms with Gasteiger partial charge >= 0.3 is 5.97 Å². The summed E-state index contributed by atoms with van der Waals surface area (Å²) < 4.78 is 6.37. The second-order valence-corrected chi connectivity index (χ2v) is 3.88. The van der Waals surface area contributed by atoms with Crippen molar-refractivity contribution in [3.8, 4) is 5.75 Å². The first-order valence-electron chi connectivity index (χ1n) is 4.38. The Bertz CT molecular complexity index is 385. The Morgan fingerprint density at radius 3 is 2.93 bits per heavy atom. The molecule has 0 amide bonds. The monoisotopic (exact) mass is 270 g/mol. The summed E-state index contributed by atoms with van der Waals surface area (Å²) in [5.74, 6) is -0.209. The van der Waals surface area contributed by atoms with Gasteiger partial charge in [-0.25, -0.2) is 4.79 Å². The molecule has 1 aromatic carbocycles. The van der Waals surface area contributed by atoms with E-state index in [0.717, 1.165) is 21.9 Å². The van der Waals surface area contributed by atoms with Crippen LogP contribution in [0.3, 0.4) is 0 Å². The lowest BCUT2D eigenvalue weighted by Gasteiger charge is -2.06. The number of carboxylic acid groups (broad SMARTS) is 1. The standard InChI is InChI=1S/C11H11BrO3/c1-8-7-9(12)4-5-10(8)15-6-2-3-11(13)14/h2-5,7H,6H2,1H3,(H,13,14). The number of benzene rings is 1. The lowest BCUT2D eigenvalue weighted by atomic mass is 10.2. The molecule has 15 heavy (non-hydrogen) atoms. The van der Waals surface area contributed by atoms with E-state index in [1.54, 1.807) is 0 Å². The van der Waals surface area contributed by atoms with E-state index in [1.165, 1.54) is 6.08 Å². The lowest BCUT2D eigenvalue weighted by molar-refractivity contribution is -0.131. The van der Waals surface area contributed by atoms with Gasteiger partial charge < -0.3 is 9.84 Å². The summed E-state index contributed by atoms with van der Waals surface area (Å²) >= 11 is 3.35. The van der Waals surface area contributed by atoms with Gasteiger partial charge in [0.1, 0.15) is 12.4 Å². The Labute approximate surface area is 96.5 Å². The molecule has 3 nitrogen and oxygen atoms in total. The van der Waals surface area contributed by atoms with E-state index in [2.05, 4.69) is 15.9 Å². The van der Waals surface area contributed by atoms with Crippen molar-refractivity contribution < 1.29 is 14.6 Å². The van der Waals surface area contributed by atoms with Crippen LogP contribution in [0.1, 0.15) is 5.56 Å². The molecule has 0 fully saturated rings. The van der Waals surface area contributed by atoms with Crippen LogP contribution in [-0.4, -0.2) is 17.7 Å². The summed E-state index contributed by atoms with van der Waals surface area (Å²) in [4.78, 5) is 10.2. The van der Waals surface area contributed by atoms with Gasteiger partial charge in [-0.2, -0.15) is 0 Å². The lowest BCUT2D eigenvalue weighted by Crippen LogP contribution is -1.97. The number of aliphatic carboxylic acids is 1. The molecule has 4 heteroatoms. The van der Waals surface area contributed by atoms with Crippen LogP contribution in [-0.2, 0) is 4.79 Å². The van der Waals surface area contributed by atoms with E-state index in [4.69, 9.17) is 9.84 Å². The minimum absolute atomic E-state index is 0.259. The number of hydrogen-bond acceptors (Lipinski definition) is 2. The molecule has 1 N–H and O–H groups in total. The third-order valence-electron chi connectivity index (χ3n) is 1.73. The molecular weight excluding hydrogens is 260 g/mol. The predicted molar refractivity (Wildman–Crippen MR) is 61.1 cm³/mol. The number of aryl methyl sites for hydroxylation is 1. The zero-order chi connectivity index (χ0) is 11.3. The van der Waals surface area contributed by atoms with Gasteiger partial charge in [0.05, 0.1) is 0 Å². The van der Waals surface area contributed by atoms with Gasteiger partial charge in [-0.1, -0.05) is 15.9 Å². The molecule has 0 radical (unpaired) electrons. The molecule has 80 valence electrons. The molecule has 0 aliphatic heterocycles. The van der Waals surface area contributed by atoms with Crippen molar-refractivity contribution >= 4 is 21.9 Å². The highest BCUT2D eigenvalue weighted by Crippen LogP contribution is 2.21. The number of rotatable bonds is 4. The Kier molecular flexibility index (Phi) is 4.37. The summed E-state index contributed by atoms with van der Waals surface area (Å²) in [6.45, 7) is 2.19. The molecule has 0 heterocycles. The summed E-state index contributed by atoms with van der Waals surface area (Å²) in [5, 5.41) is 8.35. The zero-order valence-corrected chi connectivity index (χ0v) is 9.82. The highest BCUT2D eigenvalue weighted by molar-refractivity contribution is 9.10. The minimum Gasteiger partial charge on any atom is -0.489 e. The maximum absolute atomic E-state index is 10.2. The summed E-state index contributed by atoms with van der Waals surface area (Å²) in [6.07, 6.45) is 2.53. The highest BCUT2D eigenvalue weighted by atomic mass is 79.9. The average Bonchev–Trinajstić information content (AvgIpc) is 2.14. The maximum Gasteiger partial charge on any atom is 0.328 e. The van der Waals surface area contributed by atoms with Gasteiger partial charge in [-0.05, 0) is 36.8 Å². The molecule has 0 saturated carbocycles. The van der Waals surface area contributed by atoms with Gasteiger partial charge in [0, 0.05) is 10.5 Å². The number of halogens is 1. The van der Waals surface area contributed by atoms with Crippen molar-refractivity contribution in [1.29, 1.82) is 0 Å². The van der Waals surface area contributed by atoms with Gasteiger partial charge in [0.2, 0.25) is 0 Å².